The lowest BCUT2D eigenvalue weighted by molar-refractivity contribution is -0.149. The molecule has 2 fully saturated rings. The van der Waals surface area contributed by atoms with Gasteiger partial charge in [-0.15, -0.1) is 0 Å². The Bertz CT molecular complexity index is 694. The molecule has 1 aromatic carbocycles. The fourth-order valence-electron chi connectivity index (χ4n) is 3.82. The van der Waals surface area contributed by atoms with E-state index >= 15 is 0 Å². The third kappa shape index (κ3) is 4.59. The van der Waals surface area contributed by atoms with E-state index < -0.39 is 10.0 Å². The molecule has 1 saturated heterocycles. The molecule has 0 aromatic heterocycles. The van der Waals surface area contributed by atoms with E-state index in [1.807, 2.05) is 23.1 Å². The van der Waals surface area contributed by atoms with Gasteiger partial charge in [0.15, 0.2) is 0 Å². The second kappa shape index (κ2) is 7.43. The number of nitrogens with two attached hydrogens (primary N) is 1. The van der Waals surface area contributed by atoms with E-state index in [2.05, 4.69) is 17.0 Å². The second-order valence-corrected chi connectivity index (χ2v) is 9.03. The third-order valence-corrected chi connectivity index (χ3v) is 6.25. The molecule has 7 heteroatoms. The van der Waals surface area contributed by atoms with Gasteiger partial charge in [0.25, 0.3) is 0 Å². The third-order valence-electron chi connectivity index (χ3n) is 5.50. The molecule has 1 aliphatic carbocycles. The van der Waals surface area contributed by atoms with Gasteiger partial charge >= 0.3 is 0 Å². The first-order chi connectivity index (χ1) is 11.9. The number of sulfonamides is 1. The molecule has 138 valence electrons. The maximum atomic E-state index is 13.1. The van der Waals surface area contributed by atoms with Crippen molar-refractivity contribution in [3.05, 3.63) is 35.9 Å². The van der Waals surface area contributed by atoms with Gasteiger partial charge in [-0.05, 0) is 24.8 Å². The summed E-state index contributed by atoms with van der Waals surface area (Å²) in [6.07, 6.45) is 3.87. The highest BCUT2D eigenvalue weighted by atomic mass is 32.2. The minimum Gasteiger partial charge on any atom is -0.340 e. The Hall–Kier alpha value is -1.44. The van der Waals surface area contributed by atoms with Crippen LogP contribution in [0.4, 0.5) is 0 Å². The number of carbonyl (C=O) groups is 1. The van der Waals surface area contributed by atoms with Crippen LogP contribution in [0.15, 0.2) is 30.3 Å². The van der Waals surface area contributed by atoms with Crippen LogP contribution in [0.1, 0.15) is 24.8 Å². The fourth-order valence-corrected chi connectivity index (χ4v) is 4.34. The molecule has 1 aliphatic heterocycles. The first kappa shape index (κ1) is 18.4. The van der Waals surface area contributed by atoms with E-state index in [0.717, 1.165) is 25.7 Å². The molecule has 1 heterocycles. The van der Waals surface area contributed by atoms with Crippen LogP contribution >= 0.6 is 0 Å². The summed E-state index contributed by atoms with van der Waals surface area (Å²) in [6, 6.07) is 10.2. The fraction of sp³-hybridized carbons (Fsp3) is 0.611. The monoisotopic (exact) mass is 365 g/mol. The van der Waals surface area contributed by atoms with Crippen molar-refractivity contribution >= 4 is 15.9 Å². The largest absolute Gasteiger partial charge is 0.340 e. The summed E-state index contributed by atoms with van der Waals surface area (Å²) >= 11 is 0. The summed E-state index contributed by atoms with van der Waals surface area (Å²) in [7, 11) is -3.43. The van der Waals surface area contributed by atoms with Gasteiger partial charge in [-0.2, -0.15) is 0 Å². The van der Waals surface area contributed by atoms with Crippen LogP contribution in [0.2, 0.25) is 0 Å². The van der Waals surface area contributed by atoms with Crippen molar-refractivity contribution in [2.75, 3.05) is 38.5 Å². The highest BCUT2D eigenvalue weighted by Gasteiger charge is 2.46. The smallest absolute Gasteiger partial charge is 0.229 e. The number of nitrogens with zero attached hydrogens (tertiary/aromatic N) is 2. The van der Waals surface area contributed by atoms with E-state index in [1.165, 1.54) is 5.56 Å². The summed E-state index contributed by atoms with van der Waals surface area (Å²) in [5.41, 5.74) is 0.992. The molecule has 0 unspecified atom stereocenters. The van der Waals surface area contributed by atoms with E-state index in [1.54, 1.807) is 0 Å². The molecule has 2 N–H and O–H groups in total. The minimum absolute atomic E-state index is 0.0289. The zero-order chi connectivity index (χ0) is 17.9. The Morgan fingerprint density at radius 3 is 2.24 bits per heavy atom. The Morgan fingerprint density at radius 2 is 1.72 bits per heavy atom. The van der Waals surface area contributed by atoms with Crippen molar-refractivity contribution in [3.8, 4) is 0 Å². The predicted octanol–water partition coefficient (Wildman–Crippen LogP) is 0.832. The minimum atomic E-state index is -3.43. The van der Waals surface area contributed by atoms with Gasteiger partial charge in [0.2, 0.25) is 15.9 Å². The summed E-state index contributed by atoms with van der Waals surface area (Å²) in [5, 5.41) is 5.07. The van der Waals surface area contributed by atoms with Crippen molar-refractivity contribution in [2.24, 2.45) is 10.6 Å². The number of hydrogen-bond donors (Lipinski definition) is 1. The van der Waals surface area contributed by atoms with Crippen LogP contribution in [0.5, 0.6) is 0 Å². The molecular weight excluding hydrogens is 338 g/mol. The zero-order valence-electron chi connectivity index (χ0n) is 14.6. The van der Waals surface area contributed by atoms with Crippen molar-refractivity contribution < 1.29 is 13.2 Å². The van der Waals surface area contributed by atoms with E-state index in [9.17, 15) is 13.2 Å². The van der Waals surface area contributed by atoms with Gasteiger partial charge in [0, 0.05) is 32.7 Å². The lowest BCUT2D eigenvalue weighted by Crippen LogP contribution is -2.56. The quantitative estimate of drug-likeness (QED) is 0.809. The maximum Gasteiger partial charge on any atom is 0.229 e. The summed E-state index contributed by atoms with van der Waals surface area (Å²) in [4.78, 5) is 17.2. The predicted molar refractivity (Wildman–Crippen MR) is 97.4 cm³/mol. The SMILES string of the molecule is NS(=O)(=O)CCN1CCN(C(=O)C2(Cc3ccccc3)CCC2)CC1. The molecule has 6 nitrogen and oxygen atoms in total. The van der Waals surface area contributed by atoms with Gasteiger partial charge in [-0.25, -0.2) is 13.6 Å². The maximum absolute atomic E-state index is 13.1. The van der Waals surface area contributed by atoms with Crippen LogP contribution in [0.3, 0.4) is 0 Å². The van der Waals surface area contributed by atoms with Crippen molar-refractivity contribution in [3.63, 3.8) is 0 Å². The first-order valence-electron chi connectivity index (χ1n) is 8.94. The van der Waals surface area contributed by atoms with Crippen LogP contribution < -0.4 is 5.14 Å². The standard InChI is InChI=1S/C18H27N3O3S/c19-25(23,24)14-13-20-9-11-21(12-10-20)17(22)18(7-4-8-18)15-16-5-2-1-3-6-16/h1-3,5-6H,4,7-15H2,(H2,19,23,24). The number of rotatable bonds is 6. The lowest BCUT2D eigenvalue weighted by Gasteiger charge is -2.46. The topological polar surface area (TPSA) is 83.7 Å². The number of piperazine rings is 1. The van der Waals surface area contributed by atoms with Crippen molar-refractivity contribution in [1.82, 2.24) is 9.80 Å². The molecule has 1 saturated carbocycles. The summed E-state index contributed by atoms with van der Waals surface area (Å²) in [5.74, 6) is 0.243. The van der Waals surface area contributed by atoms with Crippen LogP contribution in [-0.2, 0) is 21.2 Å². The molecule has 3 rings (SSSR count). The van der Waals surface area contributed by atoms with E-state index in [4.69, 9.17) is 5.14 Å². The van der Waals surface area contributed by atoms with Gasteiger partial charge in [-0.3, -0.25) is 9.69 Å². The van der Waals surface area contributed by atoms with E-state index in [-0.39, 0.29) is 17.1 Å². The molecule has 1 amide bonds. The molecule has 1 aromatic rings. The zero-order valence-corrected chi connectivity index (χ0v) is 15.4. The molecule has 25 heavy (non-hydrogen) atoms. The lowest BCUT2D eigenvalue weighted by atomic mass is 9.64. The molecule has 0 spiro atoms. The Morgan fingerprint density at radius 1 is 1.08 bits per heavy atom. The normalized spacial score (nSPS) is 20.9. The van der Waals surface area contributed by atoms with Gasteiger partial charge in [0.1, 0.15) is 0 Å². The highest BCUT2D eigenvalue weighted by molar-refractivity contribution is 7.89. The number of amides is 1. The van der Waals surface area contributed by atoms with E-state index in [0.29, 0.717) is 32.7 Å². The molecule has 2 aliphatic rings. The van der Waals surface area contributed by atoms with Crippen molar-refractivity contribution in [2.45, 2.75) is 25.7 Å². The average Bonchev–Trinajstić information content (AvgIpc) is 2.56. The first-order valence-corrected chi connectivity index (χ1v) is 10.7. The number of hydrogen-bond acceptors (Lipinski definition) is 4. The van der Waals surface area contributed by atoms with Crippen LogP contribution in [0, 0.1) is 5.41 Å². The average molecular weight is 365 g/mol. The van der Waals surface area contributed by atoms with Crippen LogP contribution in [0.25, 0.3) is 0 Å². The second-order valence-electron chi connectivity index (χ2n) is 7.30. The summed E-state index contributed by atoms with van der Waals surface area (Å²) < 4.78 is 22.2. The number of carbonyl (C=O) groups excluding carboxylic acids is 1. The molecule has 0 atom stereocenters. The Labute approximate surface area is 150 Å². The molecular formula is C18H27N3O3S. The number of benzene rings is 1. The van der Waals surface area contributed by atoms with Gasteiger partial charge in [0.05, 0.1) is 11.2 Å². The van der Waals surface area contributed by atoms with Crippen LogP contribution in [-0.4, -0.2) is 62.6 Å². The Kier molecular flexibility index (Phi) is 5.46. The number of primary sulfonamides is 1. The van der Waals surface area contributed by atoms with Gasteiger partial charge in [-0.1, -0.05) is 36.8 Å². The summed E-state index contributed by atoms with van der Waals surface area (Å²) in [6.45, 7) is 3.20. The Balaban J connectivity index is 1.56. The van der Waals surface area contributed by atoms with Gasteiger partial charge < -0.3 is 4.90 Å². The molecule has 0 radical (unpaired) electrons. The van der Waals surface area contributed by atoms with Crippen molar-refractivity contribution in [1.29, 1.82) is 0 Å². The highest BCUT2D eigenvalue weighted by Crippen LogP contribution is 2.45. The molecule has 0 bridgehead atoms.